The van der Waals surface area contributed by atoms with Crippen molar-refractivity contribution in [1.82, 2.24) is 5.32 Å². The molecule has 0 bridgehead atoms. The number of nitrogens with one attached hydrogen (secondary N) is 1. The Balaban J connectivity index is 2.46. The molecule has 1 unspecified atom stereocenters. The number of rotatable bonds is 3. The smallest absolute Gasteiger partial charge is 0.242 e. The van der Waals surface area contributed by atoms with E-state index in [1.54, 1.807) is 32.2 Å². The molecule has 1 aliphatic heterocycles. The molecule has 21 heavy (non-hydrogen) atoms. The fraction of sp³-hybridized carbons (Fsp3) is 0.500. The van der Waals surface area contributed by atoms with E-state index >= 15 is 0 Å². The van der Waals surface area contributed by atoms with Crippen molar-refractivity contribution >= 4 is 11.6 Å². The molecule has 1 fully saturated rings. The van der Waals surface area contributed by atoms with Crippen LogP contribution >= 0.6 is 0 Å². The van der Waals surface area contributed by atoms with E-state index in [-0.39, 0.29) is 11.9 Å². The molecule has 0 radical (unpaired) electrons. The minimum Gasteiger partial charge on any atom is -0.389 e. The second kappa shape index (κ2) is 6.59. The van der Waals surface area contributed by atoms with Crippen LogP contribution in [0.1, 0.15) is 43.4 Å². The maximum absolute atomic E-state index is 12.1. The number of aliphatic hydroxyl groups is 1. The van der Waals surface area contributed by atoms with E-state index in [4.69, 9.17) is 5.26 Å². The number of carbonyl (C=O) groups is 1. The van der Waals surface area contributed by atoms with Gasteiger partial charge in [0, 0.05) is 24.8 Å². The van der Waals surface area contributed by atoms with Gasteiger partial charge in [-0.25, -0.2) is 0 Å². The van der Waals surface area contributed by atoms with Crippen LogP contribution in [0.4, 0.5) is 5.69 Å². The highest BCUT2D eigenvalue weighted by atomic mass is 16.3. The highest BCUT2D eigenvalue weighted by Gasteiger charge is 2.30. The van der Waals surface area contributed by atoms with Crippen molar-refractivity contribution in [3.8, 4) is 6.07 Å². The summed E-state index contributed by atoms with van der Waals surface area (Å²) in [4.78, 5) is 14.1. The maximum Gasteiger partial charge on any atom is 0.242 e. The van der Waals surface area contributed by atoms with Crippen LogP contribution in [-0.2, 0) is 4.79 Å². The van der Waals surface area contributed by atoms with Crippen molar-refractivity contribution in [3.05, 3.63) is 29.3 Å². The van der Waals surface area contributed by atoms with E-state index in [0.29, 0.717) is 5.56 Å². The first-order valence-electron chi connectivity index (χ1n) is 7.28. The Kier molecular flexibility index (Phi) is 4.81. The first kappa shape index (κ1) is 15.3. The summed E-state index contributed by atoms with van der Waals surface area (Å²) in [7, 11) is 1.64. The third-order valence-corrected chi connectivity index (χ3v) is 3.97. The van der Waals surface area contributed by atoms with Crippen molar-refractivity contribution in [1.29, 1.82) is 5.26 Å². The molecule has 112 valence electrons. The average Bonchev–Trinajstić information content (AvgIpc) is 2.53. The van der Waals surface area contributed by atoms with Crippen LogP contribution < -0.4 is 10.2 Å². The van der Waals surface area contributed by atoms with Gasteiger partial charge in [0.2, 0.25) is 5.91 Å². The minimum atomic E-state index is -0.639. The molecule has 0 aliphatic carbocycles. The lowest BCUT2D eigenvalue weighted by Crippen LogP contribution is -2.49. The van der Waals surface area contributed by atoms with E-state index in [2.05, 4.69) is 11.4 Å². The van der Waals surface area contributed by atoms with Gasteiger partial charge in [-0.2, -0.15) is 5.26 Å². The number of aliphatic hydroxyl groups excluding tert-OH is 1. The van der Waals surface area contributed by atoms with Gasteiger partial charge in [-0.1, -0.05) is 6.07 Å². The molecule has 2 rings (SSSR count). The first-order chi connectivity index (χ1) is 10.1. The van der Waals surface area contributed by atoms with Gasteiger partial charge in [-0.15, -0.1) is 0 Å². The Morgan fingerprint density at radius 2 is 2.29 bits per heavy atom. The number of nitrogens with zero attached hydrogens (tertiary/aromatic N) is 2. The van der Waals surface area contributed by atoms with Crippen LogP contribution in [0.3, 0.4) is 0 Å². The lowest BCUT2D eigenvalue weighted by Gasteiger charge is -2.37. The molecular formula is C16H21N3O2. The predicted molar refractivity (Wildman–Crippen MR) is 80.8 cm³/mol. The van der Waals surface area contributed by atoms with Gasteiger partial charge >= 0.3 is 0 Å². The SMILES string of the molecule is CNC(=O)C1CCCCN1c1cc(C#N)ccc1[C@@H](C)O. The number of likely N-dealkylation sites (N-methyl/N-ethyl adjacent to an activating group) is 1. The Hall–Kier alpha value is -2.06. The van der Waals surface area contributed by atoms with Gasteiger partial charge in [0.25, 0.3) is 0 Å². The molecule has 2 atom stereocenters. The number of amides is 1. The van der Waals surface area contributed by atoms with Gasteiger partial charge in [0.1, 0.15) is 6.04 Å². The zero-order valence-corrected chi connectivity index (χ0v) is 12.5. The average molecular weight is 287 g/mol. The highest BCUT2D eigenvalue weighted by Crippen LogP contribution is 2.32. The number of hydrogen-bond donors (Lipinski definition) is 2. The fourth-order valence-electron chi connectivity index (χ4n) is 2.87. The standard InChI is InChI=1S/C16H21N3O2/c1-11(20)13-7-6-12(10-17)9-15(13)19-8-4-3-5-14(19)16(21)18-2/h6-7,9,11,14,20H,3-5,8H2,1-2H3,(H,18,21)/t11-,14?/m1/s1. The summed E-state index contributed by atoms with van der Waals surface area (Å²) in [6, 6.07) is 7.12. The lowest BCUT2D eigenvalue weighted by molar-refractivity contribution is -0.122. The van der Waals surface area contributed by atoms with E-state index < -0.39 is 6.10 Å². The summed E-state index contributed by atoms with van der Waals surface area (Å²) < 4.78 is 0. The molecule has 5 heteroatoms. The normalized spacial score (nSPS) is 19.7. The molecule has 0 spiro atoms. The quantitative estimate of drug-likeness (QED) is 0.887. The van der Waals surface area contributed by atoms with E-state index in [0.717, 1.165) is 37.1 Å². The summed E-state index contributed by atoms with van der Waals surface area (Å²) in [5.74, 6) is -0.0198. The van der Waals surface area contributed by atoms with Crippen molar-refractivity contribution in [2.75, 3.05) is 18.5 Å². The van der Waals surface area contributed by atoms with Crippen LogP contribution in [0, 0.1) is 11.3 Å². The van der Waals surface area contributed by atoms with Crippen LogP contribution in [0.5, 0.6) is 0 Å². The molecule has 1 amide bonds. The van der Waals surface area contributed by atoms with Crippen LogP contribution in [0.2, 0.25) is 0 Å². The molecule has 1 heterocycles. The van der Waals surface area contributed by atoms with Crippen LogP contribution in [0.15, 0.2) is 18.2 Å². The zero-order valence-electron chi connectivity index (χ0n) is 12.5. The van der Waals surface area contributed by atoms with Gasteiger partial charge in [-0.3, -0.25) is 4.79 Å². The molecule has 0 saturated carbocycles. The lowest BCUT2D eigenvalue weighted by atomic mass is 9.97. The predicted octanol–water partition coefficient (Wildman–Crippen LogP) is 1.72. The Labute approximate surface area is 125 Å². The Bertz CT molecular complexity index is 563. The molecule has 2 N–H and O–H groups in total. The van der Waals surface area contributed by atoms with Gasteiger partial charge in [0.05, 0.1) is 17.7 Å². The number of piperidine rings is 1. The largest absolute Gasteiger partial charge is 0.389 e. The van der Waals surface area contributed by atoms with Crippen molar-refractivity contribution < 1.29 is 9.90 Å². The summed E-state index contributed by atoms with van der Waals surface area (Å²) >= 11 is 0. The summed E-state index contributed by atoms with van der Waals surface area (Å²) in [6.07, 6.45) is 2.16. The second-order valence-electron chi connectivity index (χ2n) is 5.38. The van der Waals surface area contributed by atoms with Crippen LogP contribution in [-0.4, -0.2) is 30.6 Å². The minimum absolute atomic E-state index is 0.0198. The van der Waals surface area contributed by atoms with Gasteiger partial charge < -0.3 is 15.3 Å². The molecular weight excluding hydrogens is 266 g/mol. The van der Waals surface area contributed by atoms with Crippen LogP contribution in [0.25, 0.3) is 0 Å². The maximum atomic E-state index is 12.1. The Morgan fingerprint density at radius 3 is 2.90 bits per heavy atom. The molecule has 1 aromatic rings. The van der Waals surface area contributed by atoms with E-state index in [1.807, 2.05) is 4.90 Å². The molecule has 1 saturated heterocycles. The number of nitriles is 1. The Morgan fingerprint density at radius 1 is 1.52 bits per heavy atom. The van der Waals surface area contributed by atoms with Gasteiger partial charge in [-0.05, 0) is 38.3 Å². The summed E-state index contributed by atoms with van der Waals surface area (Å²) in [5.41, 5.74) is 2.08. The topological polar surface area (TPSA) is 76.4 Å². The third kappa shape index (κ3) is 3.17. The summed E-state index contributed by atoms with van der Waals surface area (Å²) in [5, 5.41) is 21.8. The first-order valence-corrected chi connectivity index (χ1v) is 7.28. The molecule has 5 nitrogen and oxygen atoms in total. The van der Waals surface area contributed by atoms with E-state index in [1.165, 1.54) is 0 Å². The molecule has 0 aromatic heterocycles. The number of benzene rings is 1. The number of hydrogen-bond acceptors (Lipinski definition) is 4. The monoisotopic (exact) mass is 287 g/mol. The molecule has 1 aromatic carbocycles. The highest BCUT2D eigenvalue weighted by molar-refractivity contribution is 5.85. The fourth-order valence-corrected chi connectivity index (χ4v) is 2.87. The number of anilines is 1. The van der Waals surface area contributed by atoms with Crippen molar-refractivity contribution in [2.45, 2.75) is 38.3 Å². The second-order valence-corrected chi connectivity index (χ2v) is 5.38. The van der Waals surface area contributed by atoms with E-state index in [9.17, 15) is 9.90 Å². The van der Waals surface area contributed by atoms with Crippen molar-refractivity contribution in [3.63, 3.8) is 0 Å². The van der Waals surface area contributed by atoms with Gasteiger partial charge in [0.15, 0.2) is 0 Å². The van der Waals surface area contributed by atoms with Crippen molar-refractivity contribution in [2.24, 2.45) is 0 Å². The molecule has 1 aliphatic rings. The number of carbonyl (C=O) groups excluding carboxylic acids is 1. The summed E-state index contributed by atoms with van der Waals surface area (Å²) in [6.45, 7) is 2.45. The third-order valence-electron chi connectivity index (χ3n) is 3.97. The zero-order chi connectivity index (χ0) is 15.4.